The minimum atomic E-state index is -1.04. The van der Waals surface area contributed by atoms with Crippen LogP contribution in [0, 0.1) is 0 Å². The van der Waals surface area contributed by atoms with E-state index in [1.807, 2.05) is 0 Å². The van der Waals surface area contributed by atoms with Gasteiger partial charge in [-0.1, -0.05) is 52.9 Å². The highest BCUT2D eigenvalue weighted by Crippen LogP contribution is 2.11. The number of unbranched alkanes of at least 4 members (excludes halogenated alkanes) is 5. The number of nitrogens with zero attached hydrogens (tertiary/aromatic N) is 1. The van der Waals surface area contributed by atoms with E-state index in [-0.39, 0.29) is 82.5 Å². The van der Waals surface area contributed by atoms with E-state index in [1.165, 1.54) is 6.92 Å². The third-order valence-corrected chi connectivity index (χ3v) is 6.46. The average Bonchev–Trinajstić information content (AvgIpc) is 2.94. The quantitative estimate of drug-likeness (QED) is 0.126. The molecule has 11 nitrogen and oxygen atoms in total. The maximum atomic E-state index is 12.4. The lowest BCUT2D eigenvalue weighted by Gasteiger charge is -2.34. The van der Waals surface area contributed by atoms with E-state index in [0.29, 0.717) is 19.6 Å². The topological polar surface area (TPSA) is 135 Å². The number of hydrogen-bond acceptors (Lipinski definition) is 7. The van der Waals surface area contributed by atoms with E-state index < -0.39 is 5.54 Å². The molecular weight excluding hydrogens is 528 g/mol. The van der Waals surface area contributed by atoms with Crippen molar-refractivity contribution in [1.29, 1.82) is 0 Å². The number of carbonyl (C=O) groups is 4. The summed E-state index contributed by atoms with van der Waals surface area (Å²) in [5.74, 6) is -0.481. The molecule has 4 amide bonds. The van der Waals surface area contributed by atoms with E-state index in [4.69, 9.17) is 14.2 Å². The fourth-order valence-corrected chi connectivity index (χ4v) is 3.97. The zero-order valence-electron chi connectivity index (χ0n) is 26.4. The van der Waals surface area contributed by atoms with E-state index in [0.717, 1.165) is 51.4 Å². The largest absolute Gasteiger partial charge is 0.378 e. The first kappa shape index (κ1) is 38.8. The molecule has 1 unspecified atom stereocenters. The molecule has 0 radical (unpaired) electrons. The predicted molar refractivity (Wildman–Crippen MR) is 160 cm³/mol. The second kappa shape index (κ2) is 25.5. The van der Waals surface area contributed by atoms with Crippen LogP contribution >= 0.6 is 0 Å². The number of rotatable bonds is 27. The summed E-state index contributed by atoms with van der Waals surface area (Å²) in [7, 11) is 1.78. The van der Waals surface area contributed by atoms with Gasteiger partial charge in [0.1, 0.15) is 5.54 Å². The van der Waals surface area contributed by atoms with Crippen molar-refractivity contribution in [3.05, 3.63) is 0 Å². The number of carbonyl (C=O) groups excluding carboxylic acids is 4. The SMILES string of the molecule is CCCCCCNC(=O)CCOCC(COCCC(=O)NCCCC)(COCCC(=O)N(C)CCCC)NC(C)=O. The Morgan fingerprint density at radius 3 is 1.63 bits per heavy atom. The molecule has 0 aliphatic heterocycles. The number of amides is 4. The third kappa shape index (κ3) is 22.1. The van der Waals surface area contributed by atoms with Gasteiger partial charge in [0.15, 0.2) is 0 Å². The lowest BCUT2D eigenvalue weighted by Crippen LogP contribution is -2.58. The first-order valence-electron chi connectivity index (χ1n) is 15.5. The van der Waals surface area contributed by atoms with Gasteiger partial charge < -0.3 is 35.1 Å². The second-order valence-electron chi connectivity index (χ2n) is 10.7. The minimum absolute atomic E-state index is 0.00845. The van der Waals surface area contributed by atoms with Gasteiger partial charge in [-0.15, -0.1) is 0 Å². The fourth-order valence-electron chi connectivity index (χ4n) is 3.97. The summed E-state index contributed by atoms with van der Waals surface area (Å²) in [5, 5.41) is 8.65. The molecule has 0 saturated carbocycles. The monoisotopic (exact) mass is 586 g/mol. The van der Waals surface area contributed by atoms with Crippen LogP contribution in [0.3, 0.4) is 0 Å². The van der Waals surface area contributed by atoms with E-state index in [9.17, 15) is 19.2 Å². The van der Waals surface area contributed by atoms with Gasteiger partial charge >= 0.3 is 0 Å². The summed E-state index contributed by atoms with van der Waals surface area (Å²) >= 11 is 0. The Kier molecular flexibility index (Phi) is 24.1. The standard InChI is InChI=1S/C30H58N4O7/c1-6-9-12-13-18-32-28(37)15-21-40-24-30(33-26(4)35,23-39-20-14-27(36)31-17-10-7-2)25-41-22-16-29(38)34(5)19-11-8-3/h6-25H2,1-5H3,(H,31,36)(H,32,37)(H,33,35). The summed E-state index contributed by atoms with van der Waals surface area (Å²) in [6, 6.07) is 0. The summed E-state index contributed by atoms with van der Waals surface area (Å²) in [6.45, 7) is 10.3. The van der Waals surface area contributed by atoms with Crippen LogP contribution in [0.15, 0.2) is 0 Å². The highest BCUT2D eigenvalue weighted by Gasteiger charge is 2.33. The predicted octanol–water partition coefficient (Wildman–Crippen LogP) is 2.95. The van der Waals surface area contributed by atoms with Crippen molar-refractivity contribution in [3.8, 4) is 0 Å². The Morgan fingerprint density at radius 2 is 1.15 bits per heavy atom. The molecule has 240 valence electrons. The summed E-state index contributed by atoms with van der Waals surface area (Å²) in [4.78, 5) is 50.4. The number of ether oxygens (including phenoxy) is 3. The molecule has 11 heteroatoms. The molecule has 0 aromatic heterocycles. The molecule has 1 atom stereocenters. The van der Waals surface area contributed by atoms with Gasteiger partial charge in [-0.2, -0.15) is 0 Å². The molecule has 3 N–H and O–H groups in total. The van der Waals surface area contributed by atoms with Crippen LogP contribution in [0.1, 0.15) is 98.3 Å². The van der Waals surface area contributed by atoms with Crippen molar-refractivity contribution >= 4 is 23.6 Å². The van der Waals surface area contributed by atoms with Crippen LogP contribution in [-0.2, 0) is 33.4 Å². The van der Waals surface area contributed by atoms with Crippen LogP contribution in [0.2, 0.25) is 0 Å². The molecular formula is C30H58N4O7. The minimum Gasteiger partial charge on any atom is -0.378 e. The van der Waals surface area contributed by atoms with Crippen LogP contribution in [0.25, 0.3) is 0 Å². The molecule has 0 saturated heterocycles. The first-order chi connectivity index (χ1) is 19.7. The third-order valence-electron chi connectivity index (χ3n) is 6.46. The van der Waals surface area contributed by atoms with Gasteiger partial charge in [0.25, 0.3) is 0 Å². The van der Waals surface area contributed by atoms with Gasteiger partial charge in [-0.25, -0.2) is 0 Å². The molecule has 0 aliphatic carbocycles. The lowest BCUT2D eigenvalue weighted by atomic mass is 10.0. The van der Waals surface area contributed by atoms with Crippen molar-refractivity contribution in [1.82, 2.24) is 20.9 Å². The van der Waals surface area contributed by atoms with Gasteiger partial charge in [0.2, 0.25) is 23.6 Å². The molecule has 0 bridgehead atoms. The highest BCUT2D eigenvalue weighted by atomic mass is 16.5. The Hall–Kier alpha value is -2.24. The van der Waals surface area contributed by atoms with Gasteiger partial charge in [0, 0.05) is 46.4 Å². The zero-order valence-corrected chi connectivity index (χ0v) is 26.4. The van der Waals surface area contributed by atoms with E-state index in [1.54, 1.807) is 11.9 Å². The van der Waals surface area contributed by atoms with Gasteiger partial charge in [-0.05, 0) is 19.3 Å². The van der Waals surface area contributed by atoms with Crippen molar-refractivity contribution in [2.45, 2.75) is 104 Å². The Labute approximate surface area is 248 Å². The maximum Gasteiger partial charge on any atom is 0.224 e. The van der Waals surface area contributed by atoms with Crippen LogP contribution in [-0.4, -0.2) is 100 Å². The molecule has 0 heterocycles. The van der Waals surface area contributed by atoms with E-state index in [2.05, 4.69) is 36.7 Å². The zero-order chi connectivity index (χ0) is 30.8. The molecule has 0 fully saturated rings. The normalized spacial score (nSPS) is 12.4. The van der Waals surface area contributed by atoms with Crippen molar-refractivity contribution in [2.75, 3.05) is 66.3 Å². The number of nitrogens with one attached hydrogen (secondary N) is 3. The average molecular weight is 587 g/mol. The van der Waals surface area contributed by atoms with Gasteiger partial charge in [0.05, 0.1) is 46.1 Å². The summed E-state index contributed by atoms with van der Waals surface area (Å²) < 4.78 is 17.5. The van der Waals surface area contributed by atoms with Crippen LogP contribution in [0.5, 0.6) is 0 Å². The van der Waals surface area contributed by atoms with Crippen molar-refractivity contribution in [2.24, 2.45) is 0 Å². The second-order valence-corrected chi connectivity index (χ2v) is 10.7. The smallest absolute Gasteiger partial charge is 0.224 e. The fraction of sp³-hybridized carbons (Fsp3) is 0.867. The Bertz CT molecular complexity index is 723. The molecule has 41 heavy (non-hydrogen) atoms. The molecule has 0 aromatic carbocycles. The highest BCUT2D eigenvalue weighted by molar-refractivity contribution is 5.76. The van der Waals surface area contributed by atoms with Gasteiger partial charge in [-0.3, -0.25) is 19.2 Å². The summed E-state index contributed by atoms with van der Waals surface area (Å²) in [6.07, 6.45) is 8.81. The molecule has 0 rings (SSSR count). The number of hydrogen-bond donors (Lipinski definition) is 3. The van der Waals surface area contributed by atoms with Crippen LogP contribution < -0.4 is 16.0 Å². The summed E-state index contributed by atoms with van der Waals surface area (Å²) in [5.41, 5.74) is -1.04. The van der Waals surface area contributed by atoms with Crippen LogP contribution in [0.4, 0.5) is 0 Å². The lowest BCUT2D eigenvalue weighted by molar-refractivity contribution is -0.132. The Balaban J connectivity index is 4.98. The molecule has 0 aliphatic rings. The first-order valence-corrected chi connectivity index (χ1v) is 15.5. The van der Waals surface area contributed by atoms with E-state index >= 15 is 0 Å². The van der Waals surface area contributed by atoms with Crippen molar-refractivity contribution in [3.63, 3.8) is 0 Å². The maximum absolute atomic E-state index is 12.4. The van der Waals surface area contributed by atoms with Crippen molar-refractivity contribution < 1.29 is 33.4 Å². The Morgan fingerprint density at radius 1 is 0.659 bits per heavy atom. The molecule has 0 aromatic rings. The molecule has 0 spiro atoms.